The first kappa shape index (κ1) is 15.4. The highest BCUT2D eigenvalue weighted by Crippen LogP contribution is 2.22. The fourth-order valence-electron chi connectivity index (χ4n) is 3.25. The molecular weight excluding hydrogens is 306 g/mol. The minimum absolute atomic E-state index is 0.0767. The van der Waals surface area contributed by atoms with Crippen LogP contribution in [0, 0.1) is 0 Å². The summed E-state index contributed by atoms with van der Waals surface area (Å²) in [5.41, 5.74) is 3.35. The normalized spacial score (nSPS) is 10.9. The molecule has 1 heterocycles. The molecule has 3 aromatic carbocycles. The Kier molecular flexibility index (Phi) is 4.17. The van der Waals surface area contributed by atoms with E-state index >= 15 is 0 Å². The van der Waals surface area contributed by atoms with Gasteiger partial charge >= 0.3 is 0 Å². The number of aryl methyl sites for hydroxylation is 1. The summed E-state index contributed by atoms with van der Waals surface area (Å²) < 4.78 is 1.91. The fraction of sp³-hybridized carbons (Fsp3) is 0.0870. The van der Waals surface area contributed by atoms with Gasteiger partial charge < -0.3 is 4.57 Å². The molecule has 0 atom stereocenters. The van der Waals surface area contributed by atoms with Crippen molar-refractivity contribution in [1.82, 2.24) is 4.57 Å². The summed E-state index contributed by atoms with van der Waals surface area (Å²) in [6.45, 7) is 0.665. The predicted molar refractivity (Wildman–Crippen MR) is 104 cm³/mol. The van der Waals surface area contributed by atoms with Gasteiger partial charge in [0.2, 0.25) is 0 Å². The molecule has 0 saturated carbocycles. The molecule has 122 valence electrons. The summed E-state index contributed by atoms with van der Waals surface area (Å²) in [4.78, 5) is 13.1. The van der Waals surface area contributed by atoms with Crippen LogP contribution in [-0.2, 0) is 13.0 Å². The number of pyridine rings is 1. The van der Waals surface area contributed by atoms with Crippen LogP contribution in [0.25, 0.3) is 22.0 Å². The highest BCUT2D eigenvalue weighted by atomic mass is 16.1. The lowest BCUT2D eigenvalue weighted by atomic mass is 10.1. The molecule has 25 heavy (non-hydrogen) atoms. The van der Waals surface area contributed by atoms with E-state index in [-0.39, 0.29) is 5.56 Å². The molecule has 0 amide bonds. The number of rotatable bonds is 4. The summed E-state index contributed by atoms with van der Waals surface area (Å²) in [6, 6.07) is 30.4. The van der Waals surface area contributed by atoms with Gasteiger partial charge in [0.1, 0.15) is 0 Å². The topological polar surface area (TPSA) is 22.0 Å². The second-order valence-electron chi connectivity index (χ2n) is 6.18. The highest BCUT2D eigenvalue weighted by Gasteiger charge is 2.10. The van der Waals surface area contributed by atoms with Crippen LogP contribution in [0.3, 0.4) is 0 Å². The molecule has 0 aliphatic rings. The summed E-state index contributed by atoms with van der Waals surface area (Å²) in [5, 5.41) is 1.76. The monoisotopic (exact) mass is 325 g/mol. The molecule has 0 saturated heterocycles. The molecule has 0 N–H and O–H groups in total. The Hall–Kier alpha value is -3.13. The van der Waals surface area contributed by atoms with Crippen molar-refractivity contribution in [1.29, 1.82) is 0 Å². The number of fused-ring (bicyclic) bond motifs is 1. The van der Waals surface area contributed by atoms with Crippen LogP contribution in [0.1, 0.15) is 5.56 Å². The molecule has 1 aromatic heterocycles. The van der Waals surface area contributed by atoms with Crippen molar-refractivity contribution in [2.75, 3.05) is 0 Å². The van der Waals surface area contributed by atoms with Gasteiger partial charge in [-0.3, -0.25) is 4.79 Å². The lowest BCUT2D eigenvalue weighted by molar-refractivity contribution is 0.682. The quantitative estimate of drug-likeness (QED) is 0.522. The molecule has 0 radical (unpaired) electrons. The average Bonchev–Trinajstić information content (AvgIpc) is 2.69. The molecule has 2 heteroatoms. The zero-order valence-corrected chi connectivity index (χ0v) is 13.9. The van der Waals surface area contributed by atoms with Gasteiger partial charge in [-0.25, -0.2) is 0 Å². The zero-order valence-electron chi connectivity index (χ0n) is 13.9. The van der Waals surface area contributed by atoms with Gasteiger partial charge in [0.05, 0.1) is 5.69 Å². The van der Waals surface area contributed by atoms with Crippen LogP contribution < -0.4 is 5.56 Å². The standard InChI is InChI=1S/C23H19NO/c25-23-21-14-8-7-13-20(21)17-22(19-11-5-2-6-12-19)24(23)16-15-18-9-3-1-4-10-18/h1-14,17H,15-16H2. The van der Waals surface area contributed by atoms with E-state index in [1.54, 1.807) is 0 Å². The van der Waals surface area contributed by atoms with E-state index in [0.29, 0.717) is 6.54 Å². The lowest BCUT2D eigenvalue weighted by Gasteiger charge is -2.15. The van der Waals surface area contributed by atoms with Crippen molar-refractivity contribution in [3.8, 4) is 11.3 Å². The third-order valence-electron chi connectivity index (χ3n) is 4.56. The van der Waals surface area contributed by atoms with E-state index in [1.165, 1.54) is 5.56 Å². The van der Waals surface area contributed by atoms with Gasteiger partial charge in [-0.1, -0.05) is 78.9 Å². The number of benzene rings is 3. The van der Waals surface area contributed by atoms with Crippen LogP contribution in [0.5, 0.6) is 0 Å². The number of hydrogen-bond donors (Lipinski definition) is 0. The van der Waals surface area contributed by atoms with Crippen molar-refractivity contribution < 1.29 is 0 Å². The molecule has 2 nitrogen and oxygen atoms in total. The van der Waals surface area contributed by atoms with Crippen LogP contribution in [0.2, 0.25) is 0 Å². The summed E-state index contributed by atoms with van der Waals surface area (Å²) >= 11 is 0. The Morgan fingerprint density at radius 1 is 0.720 bits per heavy atom. The predicted octanol–water partition coefficient (Wildman–Crippen LogP) is 4.91. The molecule has 0 bridgehead atoms. The van der Waals surface area contributed by atoms with E-state index in [2.05, 4.69) is 30.3 Å². The second kappa shape index (κ2) is 6.78. The van der Waals surface area contributed by atoms with Crippen molar-refractivity contribution in [2.24, 2.45) is 0 Å². The Morgan fingerprint density at radius 3 is 2.12 bits per heavy atom. The van der Waals surface area contributed by atoms with Gasteiger partial charge in [-0.05, 0) is 35.1 Å². The molecule has 0 fully saturated rings. The van der Waals surface area contributed by atoms with E-state index in [0.717, 1.165) is 28.5 Å². The van der Waals surface area contributed by atoms with E-state index < -0.39 is 0 Å². The minimum Gasteiger partial charge on any atom is -0.307 e. The van der Waals surface area contributed by atoms with Crippen molar-refractivity contribution in [3.05, 3.63) is 107 Å². The van der Waals surface area contributed by atoms with Crippen LogP contribution >= 0.6 is 0 Å². The second-order valence-corrected chi connectivity index (χ2v) is 6.18. The lowest BCUT2D eigenvalue weighted by Crippen LogP contribution is -2.23. The number of aromatic nitrogens is 1. The first-order valence-electron chi connectivity index (χ1n) is 8.55. The Balaban J connectivity index is 1.85. The smallest absolute Gasteiger partial charge is 0.258 e. The molecule has 0 spiro atoms. The van der Waals surface area contributed by atoms with Gasteiger partial charge in [0.15, 0.2) is 0 Å². The largest absolute Gasteiger partial charge is 0.307 e. The SMILES string of the molecule is O=c1c2ccccc2cc(-c2ccccc2)n1CCc1ccccc1. The highest BCUT2D eigenvalue weighted by molar-refractivity contribution is 5.85. The maximum atomic E-state index is 13.1. The number of nitrogens with zero attached hydrogens (tertiary/aromatic N) is 1. The summed E-state index contributed by atoms with van der Waals surface area (Å²) in [5.74, 6) is 0. The fourth-order valence-corrected chi connectivity index (χ4v) is 3.25. The molecule has 4 rings (SSSR count). The van der Waals surface area contributed by atoms with Crippen LogP contribution in [0.15, 0.2) is 95.8 Å². The van der Waals surface area contributed by atoms with E-state index in [9.17, 15) is 4.79 Å². The molecule has 0 aliphatic carbocycles. The van der Waals surface area contributed by atoms with Gasteiger partial charge in [-0.15, -0.1) is 0 Å². The van der Waals surface area contributed by atoms with E-state index in [4.69, 9.17) is 0 Å². The van der Waals surface area contributed by atoms with Gasteiger partial charge in [-0.2, -0.15) is 0 Å². The Labute approximate surface area is 147 Å². The Morgan fingerprint density at radius 2 is 1.36 bits per heavy atom. The molecule has 4 aromatic rings. The zero-order chi connectivity index (χ0) is 17.1. The first-order chi connectivity index (χ1) is 12.3. The van der Waals surface area contributed by atoms with Crippen molar-refractivity contribution >= 4 is 10.8 Å². The first-order valence-corrected chi connectivity index (χ1v) is 8.55. The Bertz CT molecular complexity index is 1050. The van der Waals surface area contributed by atoms with Crippen molar-refractivity contribution in [3.63, 3.8) is 0 Å². The van der Waals surface area contributed by atoms with Gasteiger partial charge in [0, 0.05) is 11.9 Å². The average molecular weight is 325 g/mol. The molecule has 0 unspecified atom stereocenters. The van der Waals surface area contributed by atoms with Gasteiger partial charge in [0.25, 0.3) is 5.56 Å². The van der Waals surface area contributed by atoms with Crippen molar-refractivity contribution in [2.45, 2.75) is 13.0 Å². The van der Waals surface area contributed by atoms with Crippen LogP contribution in [-0.4, -0.2) is 4.57 Å². The summed E-state index contributed by atoms with van der Waals surface area (Å²) in [6.07, 6.45) is 0.832. The molecule has 0 aliphatic heterocycles. The maximum Gasteiger partial charge on any atom is 0.258 e. The number of hydrogen-bond acceptors (Lipinski definition) is 1. The minimum atomic E-state index is 0.0767. The van der Waals surface area contributed by atoms with E-state index in [1.807, 2.05) is 65.2 Å². The maximum absolute atomic E-state index is 13.1. The summed E-state index contributed by atoms with van der Waals surface area (Å²) in [7, 11) is 0. The van der Waals surface area contributed by atoms with Crippen LogP contribution in [0.4, 0.5) is 0 Å². The molecular formula is C23H19NO. The third kappa shape index (κ3) is 3.11. The third-order valence-corrected chi connectivity index (χ3v) is 4.56.